The summed E-state index contributed by atoms with van der Waals surface area (Å²) in [5.41, 5.74) is -0.654. The number of thiophene rings is 1. The number of nitrogens with one attached hydrogen (secondary N) is 1. The molecule has 3 aromatic rings. The largest absolute Gasteiger partial charge is 0.322 e. The van der Waals surface area contributed by atoms with Crippen LogP contribution in [-0.4, -0.2) is 20.9 Å². The van der Waals surface area contributed by atoms with Gasteiger partial charge in [0.05, 0.1) is 11.4 Å². The summed E-state index contributed by atoms with van der Waals surface area (Å²) in [6.07, 6.45) is 0. The Hall–Kier alpha value is -2.85. The number of carbonyl (C=O) groups excluding carboxylic acids is 1. The van der Waals surface area contributed by atoms with Crippen LogP contribution in [0.2, 0.25) is 0 Å². The van der Waals surface area contributed by atoms with Crippen molar-refractivity contribution in [3.8, 4) is 0 Å². The standard InChI is InChI=1S/C18H13F3N2O3S2/c19-12-7-8-15(14(21)10-12)22-17(24)11-23(16-5-2-1-4-13(16)20)28(25,26)18-6-3-9-27-18/h1-10H,11H2,(H,22,24). The zero-order valence-electron chi connectivity index (χ0n) is 14.1. The Morgan fingerprint density at radius 3 is 2.39 bits per heavy atom. The SMILES string of the molecule is O=C(CN(c1ccccc1F)S(=O)(=O)c1cccs1)Nc1ccc(F)cc1F. The van der Waals surface area contributed by atoms with Crippen molar-refractivity contribution in [2.75, 3.05) is 16.2 Å². The maximum Gasteiger partial charge on any atom is 0.274 e. The molecule has 28 heavy (non-hydrogen) atoms. The van der Waals surface area contributed by atoms with Gasteiger partial charge in [-0.2, -0.15) is 0 Å². The van der Waals surface area contributed by atoms with Crippen molar-refractivity contribution >= 4 is 38.6 Å². The van der Waals surface area contributed by atoms with Gasteiger partial charge in [-0.25, -0.2) is 21.6 Å². The first-order chi connectivity index (χ1) is 13.3. The fourth-order valence-corrected chi connectivity index (χ4v) is 4.92. The third-order valence-electron chi connectivity index (χ3n) is 3.65. The van der Waals surface area contributed by atoms with Crippen LogP contribution in [-0.2, 0) is 14.8 Å². The van der Waals surface area contributed by atoms with Crippen molar-refractivity contribution in [3.63, 3.8) is 0 Å². The van der Waals surface area contributed by atoms with Crippen molar-refractivity contribution in [1.82, 2.24) is 0 Å². The fraction of sp³-hybridized carbons (Fsp3) is 0.0556. The normalized spacial score (nSPS) is 11.2. The quantitative estimate of drug-likeness (QED) is 0.648. The number of hydrogen-bond donors (Lipinski definition) is 1. The van der Waals surface area contributed by atoms with Gasteiger partial charge in [0.15, 0.2) is 0 Å². The molecule has 0 saturated carbocycles. The fourth-order valence-electron chi connectivity index (χ4n) is 2.38. The summed E-state index contributed by atoms with van der Waals surface area (Å²) >= 11 is 0.908. The summed E-state index contributed by atoms with van der Waals surface area (Å²) in [5, 5.41) is 3.70. The second-order valence-corrected chi connectivity index (χ2v) is 8.60. The monoisotopic (exact) mass is 426 g/mol. The highest BCUT2D eigenvalue weighted by Crippen LogP contribution is 2.28. The number of rotatable bonds is 6. The topological polar surface area (TPSA) is 66.5 Å². The molecule has 1 amide bonds. The molecule has 5 nitrogen and oxygen atoms in total. The molecule has 0 unspecified atom stereocenters. The molecule has 0 aliphatic heterocycles. The maximum atomic E-state index is 14.3. The molecule has 0 saturated heterocycles. The molecule has 2 aromatic carbocycles. The van der Waals surface area contributed by atoms with E-state index in [1.807, 2.05) is 0 Å². The molecule has 1 N–H and O–H groups in total. The number of hydrogen-bond acceptors (Lipinski definition) is 4. The zero-order chi connectivity index (χ0) is 20.3. The van der Waals surface area contributed by atoms with Crippen LogP contribution in [0.1, 0.15) is 0 Å². The summed E-state index contributed by atoms with van der Waals surface area (Å²) in [6.45, 7) is -0.808. The summed E-state index contributed by atoms with van der Waals surface area (Å²) in [7, 11) is -4.24. The molecule has 0 aliphatic carbocycles. The summed E-state index contributed by atoms with van der Waals surface area (Å²) in [5.74, 6) is -3.62. The van der Waals surface area contributed by atoms with Crippen molar-refractivity contribution in [2.45, 2.75) is 4.21 Å². The van der Waals surface area contributed by atoms with Crippen LogP contribution in [0.4, 0.5) is 24.5 Å². The highest BCUT2D eigenvalue weighted by molar-refractivity contribution is 7.94. The van der Waals surface area contributed by atoms with Gasteiger partial charge in [-0.1, -0.05) is 18.2 Å². The minimum atomic E-state index is -4.24. The molecule has 0 bridgehead atoms. The van der Waals surface area contributed by atoms with Gasteiger partial charge < -0.3 is 5.32 Å². The number of para-hydroxylation sites is 1. The van der Waals surface area contributed by atoms with Crippen LogP contribution in [0.3, 0.4) is 0 Å². The number of halogens is 3. The van der Waals surface area contributed by atoms with E-state index in [1.165, 1.54) is 35.7 Å². The predicted molar refractivity (Wildman–Crippen MR) is 100 cm³/mol. The minimum Gasteiger partial charge on any atom is -0.322 e. The Kier molecular flexibility index (Phi) is 5.71. The van der Waals surface area contributed by atoms with Crippen molar-refractivity contribution < 1.29 is 26.4 Å². The van der Waals surface area contributed by atoms with Crippen molar-refractivity contribution in [3.05, 3.63) is 77.4 Å². The van der Waals surface area contributed by atoms with Crippen LogP contribution in [0.5, 0.6) is 0 Å². The number of sulfonamides is 1. The average molecular weight is 426 g/mol. The highest BCUT2D eigenvalue weighted by atomic mass is 32.2. The first kappa shape index (κ1) is 19.9. The van der Waals surface area contributed by atoms with Crippen LogP contribution in [0, 0.1) is 17.5 Å². The minimum absolute atomic E-state index is 0.0866. The van der Waals surface area contributed by atoms with E-state index in [0.29, 0.717) is 10.4 Å². The zero-order valence-corrected chi connectivity index (χ0v) is 15.7. The number of amides is 1. The van der Waals surface area contributed by atoms with E-state index in [4.69, 9.17) is 0 Å². The molecule has 0 spiro atoms. The van der Waals surface area contributed by atoms with Crippen molar-refractivity contribution in [2.24, 2.45) is 0 Å². The van der Waals surface area contributed by atoms with E-state index in [-0.39, 0.29) is 15.6 Å². The van der Waals surface area contributed by atoms with E-state index in [9.17, 15) is 26.4 Å². The van der Waals surface area contributed by atoms with Gasteiger partial charge in [-0.3, -0.25) is 9.10 Å². The highest BCUT2D eigenvalue weighted by Gasteiger charge is 2.30. The molecule has 0 fully saturated rings. The summed E-state index contributed by atoms with van der Waals surface area (Å²) < 4.78 is 67.3. The smallest absolute Gasteiger partial charge is 0.274 e. The van der Waals surface area contributed by atoms with E-state index < -0.39 is 39.9 Å². The third-order valence-corrected chi connectivity index (χ3v) is 6.79. The molecule has 146 valence electrons. The Balaban J connectivity index is 1.94. The van der Waals surface area contributed by atoms with Gasteiger partial charge in [-0.15, -0.1) is 11.3 Å². The molecular formula is C18H13F3N2O3S2. The molecule has 0 aliphatic rings. The van der Waals surface area contributed by atoms with Gasteiger partial charge in [0.1, 0.15) is 28.2 Å². The lowest BCUT2D eigenvalue weighted by Crippen LogP contribution is -2.38. The molecule has 10 heteroatoms. The van der Waals surface area contributed by atoms with Gasteiger partial charge in [0.2, 0.25) is 5.91 Å². The van der Waals surface area contributed by atoms with E-state index >= 15 is 0 Å². The molecule has 1 heterocycles. The number of carbonyl (C=O) groups is 1. The van der Waals surface area contributed by atoms with Gasteiger partial charge in [0, 0.05) is 6.07 Å². The summed E-state index contributed by atoms with van der Waals surface area (Å²) in [4.78, 5) is 12.4. The van der Waals surface area contributed by atoms with Crippen LogP contribution < -0.4 is 9.62 Å². The van der Waals surface area contributed by atoms with Gasteiger partial charge in [-0.05, 0) is 35.7 Å². The lowest BCUT2D eigenvalue weighted by atomic mass is 10.3. The van der Waals surface area contributed by atoms with E-state index in [2.05, 4.69) is 5.32 Å². The van der Waals surface area contributed by atoms with Crippen molar-refractivity contribution in [1.29, 1.82) is 0 Å². The lowest BCUT2D eigenvalue weighted by molar-refractivity contribution is -0.114. The Morgan fingerprint density at radius 2 is 1.75 bits per heavy atom. The van der Waals surface area contributed by atoms with Crippen LogP contribution in [0.25, 0.3) is 0 Å². The number of nitrogens with zero attached hydrogens (tertiary/aromatic N) is 1. The number of anilines is 2. The van der Waals surface area contributed by atoms with E-state index in [1.54, 1.807) is 0 Å². The summed E-state index contributed by atoms with van der Waals surface area (Å²) in [6, 6.07) is 10.4. The van der Waals surface area contributed by atoms with Crippen LogP contribution in [0.15, 0.2) is 64.2 Å². The van der Waals surface area contributed by atoms with Gasteiger partial charge in [0.25, 0.3) is 10.0 Å². The predicted octanol–water partition coefficient (Wildman–Crippen LogP) is 4.00. The lowest BCUT2D eigenvalue weighted by Gasteiger charge is -2.23. The maximum absolute atomic E-state index is 14.3. The first-order valence-corrected chi connectivity index (χ1v) is 10.2. The molecular weight excluding hydrogens is 413 g/mol. The Morgan fingerprint density at radius 1 is 1.00 bits per heavy atom. The second kappa shape index (κ2) is 8.03. The van der Waals surface area contributed by atoms with Gasteiger partial charge >= 0.3 is 0 Å². The molecule has 1 aromatic heterocycles. The van der Waals surface area contributed by atoms with Crippen LogP contribution >= 0.6 is 11.3 Å². The Labute approximate surface area is 163 Å². The average Bonchev–Trinajstić information content (AvgIpc) is 3.18. The third kappa shape index (κ3) is 4.18. The molecule has 3 rings (SSSR count). The second-order valence-electron chi connectivity index (χ2n) is 5.57. The first-order valence-electron chi connectivity index (χ1n) is 7.85. The van der Waals surface area contributed by atoms with E-state index in [0.717, 1.165) is 29.5 Å². The molecule has 0 atom stereocenters. The molecule has 0 radical (unpaired) electrons. The number of benzene rings is 2. The Bertz CT molecular complexity index is 1100.